The Labute approximate surface area is 207 Å². The Kier molecular flexibility index (Phi) is 7.48. The van der Waals surface area contributed by atoms with Gasteiger partial charge in [-0.25, -0.2) is 9.98 Å². The van der Waals surface area contributed by atoms with Crippen LogP contribution in [0.2, 0.25) is 0 Å². The van der Waals surface area contributed by atoms with Crippen LogP contribution in [0.3, 0.4) is 0 Å². The van der Waals surface area contributed by atoms with Crippen molar-refractivity contribution in [2.75, 3.05) is 29.6 Å². The Hall–Kier alpha value is -4.09. The second-order valence-electron chi connectivity index (χ2n) is 7.97. The lowest BCUT2D eigenvalue weighted by molar-refractivity contribution is -0.759. The Balaban J connectivity index is 1.57. The highest BCUT2D eigenvalue weighted by molar-refractivity contribution is 8.00. The van der Waals surface area contributed by atoms with Crippen molar-refractivity contribution in [3.05, 3.63) is 47.2 Å². The van der Waals surface area contributed by atoms with Crippen molar-refractivity contribution in [2.45, 2.75) is 37.6 Å². The number of hydrogen-bond acceptors (Lipinski definition) is 10. The van der Waals surface area contributed by atoms with E-state index in [-0.39, 0.29) is 33.6 Å². The van der Waals surface area contributed by atoms with E-state index in [9.17, 15) is 15.6 Å². The van der Waals surface area contributed by atoms with Gasteiger partial charge in [0.2, 0.25) is 5.27 Å². The molecule has 10 nitrogen and oxygen atoms in total. The molecule has 1 saturated heterocycles. The standard InChI is InChI=1S/C24H24N8O2S/c1-2-16-6-8-17(9-7-16)22-18(12-25)23(27)29-24(19(22)13-26)35-15-20(33)28-21-14-32(30-34-21)31-10-4-3-5-11-31/h6-9,14H,2-5,10-11,15H2,1H3,(H2-,27,28,29,30,33). The molecule has 1 aromatic carbocycles. The van der Waals surface area contributed by atoms with Crippen LogP contribution in [0, 0.1) is 22.7 Å². The molecule has 2 aromatic heterocycles. The van der Waals surface area contributed by atoms with Crippen LogP contribution < -0.4 is 20.6 Å². The molecule has 3 heterocycles. The van der Waals surface area contributed by atoms with Crippen molar-refractivity contribution in [2.24, 2.45) is 4.99 Å². The second kappa shape index (κ2) is 10.9. The highest BCUT2D eigenvalue weighted by Crippen LogP contribution is 2.35. The summed E-state index contributed by atoms with van der Waals surface area (Å²) in [4.78, 5) is 9.78. The van der Waals surface area contributed by atoms with Crippen molar-refractivity contribution in [1.29, 1.82) is 10.5 Å². The number of pyridine rings is 1. The summed E-state index contributed by atoms with van der Waals surface area (Å²) in [5.41, 5.74) is 8.61. The molecule has 0 radical (unpaired) electrons. The van der Waals surface area contributed by atoms with Crippen LogP contribution in [-0.2, 0) is 6.42 Å². The zero-order valence-corrected chi connectivity index (χ0v) is 20.1. The molecule has 35 heavy (non-hydrogen) atoms. The molecule has 0 aliphatic carbocycles. The average Bonchev–Trinajstić information content (AvgIpc) is 3.36. The maximum atomic E-state index is 12.5. The molecule has 0 saturated carbocycles. The Morgan fingerprint density at radius 1 is 1.20 bits per heavy atom. The topological polar surface area (TPSA) is 155 Å². The number of benzene rings is 1. The summed E-state index contributed by atoms with van der Waals surface area (Å²) in [6, 6.07) is 11.8. The van der Waals surface area contributed by atoms with Gasteiger partial charge in [-0.15, -0.1) is 0 Å². The van der Waals surface area contributed by atoms with E-state index in [1.165, 1.54) is 6.42 Å². The van der Waals surface area contributed by atoms with E-state index in [0.717, 1.165) is 49.7 Å². The number of piperidine rings is 1. The predicted molar refractivity (Wildman–Crippen MR) is 129 cm³/mol. The molecule has 3 aromatic rings. The number of rotatable bonds is 7. The van der Waals surface area contributed by atoms with Crippen LogP contribution in [0.15, 0.2) is 45.0 Å². The normalized spacial score (nSPS) is 13.9. The number of nitriles is 2. The fraction of sp³-hybridized carbons (Fsp3) is 0.333. The van der Waals surface area contributed by atoms with Crippen molar-refractivity contribution >= 4 is 29.4 Å². The van der Waals surface area contributed by atoms with Gasteiger partial charge in [-0.3, -0.25) is 4.52 Å². The maximum Gasteiger partial charge on any atom is 0.324 e. The Morgan fingerprint density at radius 2 is 1.91 bits per heavy atom. The molecule has 4 rings (SSSR count). The first-order valence-electron chi connectivity index (χ1n) is 11.3. The van der Waals surface area contributed by atoms with Crippen LogP contribution in [0.25, 0.3) is 11.1 Å². The smallest absolute Gasteiger partial charge is 0.324 e. The molecule has 1 aliphatic rings. The third-order valence-electron chi connectivity index (χ3n) is 5.70. The number of anilines is 1. The highest BCUT2D eigenvalue weighted by atomic mass is 32.2. The molecule has 0 spiro atoms. The summed E-state index contributed by atoms with van der Waals surface area (Å²) >= 11 is 1.04. The molecular formula is C24H24N8O2S. The third kappa shape index (κ3) is 5.36. The molecule has 0 atom stereocenters. The molecule has 178 valence electrons. The van der Waals surface area contributed by atoms with E-state index in [2.05, 4.69) is 27.4 Å². The largest absolute Gasteiger partial charge is 0.861 e. The van der Waals surface area contributed by atoms with Gasteiger partial charge in [0.1, 0.15) is 28.5 Å². The predicted octanol–water partition coefficient (Wildman–Crippen LogP) is 2.22. The van der Waals surface area contributed by atoms with Gasteiger partial charge in [0.15, 0.2) is 0 Å². The maximum absolute atomic E-state index is 12.5. The summed E-state index contributed by atoms with van der Waals surface area (Å²) < 4.78 is 5.18. The molecule has 1 fully saturated rings. The Morgan fingerprint density at radius 3 is 2.57 bits per heavy atom. The van der Waals surface area contributed by atoms with Crippen molar-refractivity contribution in [3.8, 4) is 23.3 Å². The number of aromatic nitrogens is 3. The van der Waals surface area contributed by atoms with Gasteiger partial charge in [-0.05, 0) is 42.7 Å². The Bertz CT molecular complexity index is 1320. The number of nitrogens with zero attached hydrogens (tertiary/aromatic N) is 7. The SMILES string of the molecule is CCc1ccc(-c2c(C#N)c(N)nc(SC/C([O-])=N/c3c[n+](N4CCCCC4)no3)c2C#N)cc1. The van der Waals surface area contributed by atoms with E-state index >= 15 is 0 Å². The lowest BCUT2D eigenvalue weighted by Gasteiger charge is -2.17. The molecule has 1 aliphatic heterocycles. The zero-order chi connectivity index (χ0) is 24.8. The van der Waals surface area contributed by atoms with Crippen molar-refractivity contribution in [3.63, 3.8) is 0 Å². The first-order chi connectivity index (χ1) is 17.0. The molecule has 11 heteroatoms. The highest BCUT2D eigenvalue weighted by Gasteiger charge is 2.23. The van der Waals surface area contributed by atoms with Gasteiger partial charge in [-0.2, -0.15) is 15.5 Å². The van der Waals surface area contributed by atoms with E-state index < -0.39 is 5.90 Å². The van der Waals surface area contributed by atoms with Crippen LogP contribution in [-0.4, -0.2) is 35.0 Å². The van der Waals surface area contributed by atoms with E-state index in [0.29, 0.717) is 11.1 Å². The van der Waals surface area contributed by atoms with Gasteiger partial charge in [0.05, 0.1) is 23.4 Å². The molecule has 2 N–H and O–H groups in total. The average molecular weight is 489 g/mol. The minimum absolute atomic E-state index is 0.00534. The fourth-order valence-corrected chi connectivity index (χ4v) is 4.66. The van der Waals surface area contributed by atoms with Gasteiger partial charge in [0.25, 0.3) is 6.20 Å². The first-order valence-corrected chi connectivity index (χ1v) is 12.3. The van der Waals surface area contributed by atoms with Crippen molar-refractivity contribution < 1.29 is 14.4 Å². The summed E-state index contributed by atoms with van der Waals surface area (Å²) in [6.45, 7) is 3.78. The number of nitrogen functional groups attached to an aromatic ring is 1. The van der Waals surface area contributed by atoms with Crippen molar-refractivity contribution in [1.82, 2.24) is 10.3 Å². The number of hydrogen-bond donors (Lipinski definition) is 1. The minimum atomic E-state index is -0.473. The summed E-state index contributed by atoms with van der Waals surface area (Å²) in [5.74, 6) is -0.457. The fourth-order valence-electron chi connectivity index (χ4n) is 3.88. The van der Waals surface area contributed by atoms with E-state index in [4.69, 9.17) is 10.3 Å². The quantitative estimate of drug-likeness (QED) is 0.228. The van der Waals surface area contributed by atoms with E-state index in [1.54, 1.807) is 11.0 Å². The lowest BCUT2D eigenvalue weighted by Crippen LogP contribution is -2.60. The summed E-state index contributed by atoms with van der Waals surface area (Å²) in [7, 11) is 0. The van der Waals surface area contributed by atoms with Crippen LogP contribution in [0.4, 0.5) is 11.7 Å². The monoisotopic (exact) mass is 488 g/mol. The van der Waals surface area contributed by atoms with Gasteiger partial charge in [0, 0.05) is 11.3 Å². The zero-order valence-electron chi connectivity index (χ0n) is 19.3. The third-order valence-corrected chi connectivity index (χ3v) is 6.66. The van der Waals surface area contributed by atoms with Crippen LogP contribution >= 0.6 is 11.8 Å². The van der Waals surface area contributed by atoms with Crippen LogP contribution in [0.5, 0.6) is 0 Å². The van der Waals surface area contributed by atoms with Gasteiger partial charge < -0.3 is 10.8 Å². The number of aryl methyl sites for hydroxylation is 1. The number of nitrogens with two attached hydrogens (primary N) is 1. The van der Waals surface area contributed by atoms with Gasteiger partial charge in [-0.1, -0.05) is 43.0 Å². The van der Waals surface area contributed by atoms with E-state index in [1.807, 2.05) is 36.2 Å². The number of thioether (sulfide) groups is 1. The molecular weight excluding hydrogens is 464 g/mol. The minimum Gasteiger partial charge on any atom is -0.861 e. The molecule has 0 bridgehead atoms. The molecule has 0 unspecified atom stereocenters. The molecule has 0 amide bonds. The van der Waals surface area contributed by atoms with Gasteiger partial charge >= 0.3 is 5.88 Å². The lowest BCUT2D eigenvalue weighted by atomic mass is 9.96. The van der Waals surface area contributed by atoms with Crippen LogP contribution in [0.1, 0.15) is 42.9 Å². The summed E-state index contributed by atoms with van der Waals surface area (Å²) in [5, 5.41) is 38.3. The second-order valence-corrected chi connectivity index (χ2v) is 8.93. The summed E-state index contributed by atoms with van der Waals surface area (Å²) in [6.07, 6.45) is 5.78. The first kappa shape index (κ1) is 24.0. The number of aliphatic imine (C=N–C) groups is 1.